The smallest absolute Gasteiger partial charge is 0.188 e. The molecule has 0 amide bonds. The number of piperazine rings is 1. The molecule has 2 fully saturated rings. The zero-order valence-corrected chi connectivity index (χ0v) is 15.7. The minimum atomic E-state index is 0.609. The monoisotopic (exact) mass is 363 g/mol. The van der Waals surface area contributed by atoms with Crippen molar-refractivity contribution in [3.8, 4) is 0 Å². The molecule has 1 aliphatic carbocycles. The van der Waals surface area contributed by atoms with Gasteiger partial charge in [0.15, 0.2) is 5.96 Å². The SMILES string of the molecule is NC(=NCC1CCC1)NCCCN1CCN(c2cccc(Cl)c2)CC1. The summed E-state index contributed by atoms with van der Waals surface area (Å²) in [6, 6.07) is 8.13. The third kappa shape index (κ3) is 5.79. The van der Waals surface area contributed by atoms with Gasteiger partial charge in [-0.25, -0.2) is 0 Å². The van der Waals surface area contributed by atoms with E-state index in [0.717, 1.165) is 63.2 Å². The maximum atomic E-state index is 6.09. The number of nitrogens with one attached hydrogen (secondary N) is 1. The molecule has 0 atom stereocenters. The van der Waals surface area contributed by atoms with Crippen LogP contribution in [0.25, 0.3) is 0 Å². The molecule has 5 nitrogen and oxygen atoms in total. The molecule has 0 radical (unpaired) electrons. The Bertz CT molecular complexity index is 565. The topological polar surface area (TPSA) is 56.9 Å². The van der Waals surface area contributed by atoms with Gasteiger partial charge in [0, 0.05) is 50.0 Å². The van der Waals surface area contributed by atoms with Gasteiger partial charge in [0.2, 0.25) is 0 Å². The molecule has 1 saturated heterocycles. The zero-order chi connectivity index (χ0) is 17.5. The minimum absolute atomic E-state index is 0.609. The molecule has 2 aliphatic rings. The van der Waals surface area contributed by atoms with Crippen LogP contribution >= 0.6 is 11.6 Å². The van der Waals surface area contributed by atoms with Crippen molar-refractivity contribution in [2.45, 2.75) is 25.7 Å². The van der Waals surface area contributed by atoms with Gasteiger partial charge in [-0.3, -0.25) is 9.89 Å². The molecule has 25 heavy (non-hydrogen) atoms. The van der Waals surface area contributed by atoms with Gasteiger partial charge in [-0.15, -0.1) is 0 Å². The summed E-state index contributed by atoms with van der Waals surface area (Å²) in [4.78, 5) is 9.36. The lowest BCUT2D eigenvalue weighted by Gasteiger charge is -2.36. The minimum Gasteiger partial charge on any atom is -0.370 e. The van der Waals surface area contributed by atoms with Crippen molar-refractivity contribution in [3.05, 3.63) is 29.3 Å². The summed E-state index contributed by atoms with van der Waals surface area (Å²) in [5.41, 5.74) is 7.15. The number of halogens is 1. The van der Waals surface area contributed by atoms with Crippen LogP contribution < -0.4 is 16.0 Å². The van der Waals surface area contributed by atoms with Gasteiger partial charge >= 0.3 is 0 Å². The Balaban J connectivity index is 1.29. The van der Waals surface area contributed by atoms with E-state index >= 15 is 0 Å². The molecule has 1 aliphatic heterocycles. The number of rotatable bonds is 7. The van der Waals surface area contributed by atoms with Gasteiger partial charge < -0.3 is 16.0 Å². The highest BCUT2D eigenvalue weighted by atomic mass is 35.5. The van der Waals surface area contributed by atoms with Crippen LogP contribution in [-0.4, -0.2) is 56.7 Å². The van der Waals surface area contributed by atoms with Crippen LogP contribution in [-0.2, 0) is 0 Å². The van der Waals surface area contributed by atoms with Gasteiger partial charge in [-0.1, -0.05) is 24.1 Å². The summed E-state index contributed by atoms with van der Waals surface area (Å²) in [5.74, 6) is 1.38. The molecule has 0 unspecified atom stereocenters. The Hall–Kier alpha value is -1.46. The van der Waals surface area contributed by atoms with Crippen molar-refractivity contribution < 1.29 is 0 Å². The van der Waals surface area contributed by atoms with Crippen molar-refractivity contribution in [1.29, 1.82) is 0 Å². The average Bonchev–Trinajstić information content (AvgIpc) is 2.58. The second-order valence-corrected chi connectivity index (χ2v) is 7.55. The second kappa shape index (κ2) is 9.30. The zero-order valence-electron chi connectivity index (χ0n) is 15.0. The predicted octanol–water partition coefficient (Wildman–Crippen LogP) is 2.56. The van der Waals surface area contributed by atoms with Crippen LogP contribution in [0.3, 0.4) is 0 Å². The van der Waals surface area contributed by atoms with Crippen LogP contribution in [0.4, 0.5) is 5.69 Å². The Morgan fingerprint density at radius 2 is 2.04 bits per heavy atom. The van der Waals surface area contributed by atoms with Crippen molar-refractivity contribution in [1.82, 2.24) is 10.2 Å². The lowest BCUT2D eigenvalue weighted by atomic mass is 9.86. The number of hydrogen-bond acceptors (Lipinski definition) is 3. The molecule has 6 heteroatoms. The Kier molecular flexibility index (Phi) is 6.82. The highest BCUT2D eigenvalue weighted by Gasteiger charge is 2.17. The van der Waals surface area contributed by atoms with E-state index in [1.54, 1.807) is 0 Å². The van der Waals surface area contributed by atoms with Crippen LogP contribution in [0.2, 0.25) is 5.02 Å². The number of aliphatic imine (C=N–C) groups is 1. The summed E-state index contributed by atoms with van der Waals surface area (Å²) >= 11 is 6.09. The van der Waals surface area contributed by atoms with Gasteiger partial charge in [0.25, 0.3) is 0 Å². The first-order valence-corrected chi connectivity index (χ1v) is 9.85. The van der Waals surface area contributed by atoms with Crippen molar-refractivity contribution in [3.63, 3.8) is 0 Å². The first-order chi connectivity index (χ1) is 12.2. The highest BCUT2D eigenvalue weighted by molar-refractivity contribution is 6.30. The Morgan fingerprint density at radius 1 is 1.24 bits per heavy atom. The fourth-order valence-corrected chi connectivity index (χ4v) is 3.56. The molecule has 1 saturated carbocycles. The quantitative estimate of drug-likeness (QED) is 0.444. The van der Waals surface area contributed by atoms with E-state index in [1.807, 2.05) is 18.2 Å². The van der Waals surface area contributed by atoms with Gasteiger partial charge in [0.05, 0.1) is 0 Å². The molecule has 1 heterocycles. The van der Waals surface area contributed by atoms with Crippen molar-refractivity contribution >= 4 is 23.2 Å². The number of guanidine groups is 1. The van der Waals surface area contributed by atoms with E-state index in [-0.39, 0.29) is 0 Å². The maximum Gasteiger partial charge on any atom is 0.188 e. The van der Waals surface area contributed by atoms with E-state index in [2.05, 4.69) is 26.2 Å². The van der Waals surface area contributed by atoms with E-state index in [4.69, 9.17) is 17.3 Å². The van der Waals surface area contributed by atoms with Crippen LogP contribution in [0, 0.1) is 5.92 Å². The predicted molar refractivity (Wildman–Crippen MR) is 107 cm³/mol. The summed E-state index contributed by atoms with van der Waals surface area (Å²) in [7, 11) is 0. The second-order valence-electron chi connectivity index (χ2n) is 7.11. The molecule has 1 aromatic rings. The molecule has 3 rings (SSSR count). The van der Waals surface area contributed by atoms with Gasteiger partial charge in [0.1, 0.15) is 0 Å². The molecule has 3 N–H and O–H groups in total. The van der Waals surface area contributed by atoms with Crippen LogP contribution in [0.15, 0.2) is 29.3 Å². The van der Waals surface area contributed by atoms with E-state index in [9.17, 15) is 0 Å². The third-order valence-electron chi connectivity index (χ3n) is 5.25. The number of nitrogens with two attached hydrogens (primary N) is 1. The fraction of sp³-hybridized carbons (Fsp3) is 0.632. The molecular formula is C19H30ClN5. The lowest BCUT2D eigenvalue weighted by Crippen LogP contribution is -2.47. The number of anilines is 1. The maximum absolute atomic E-state index is 6.09. The summed E-state index contributed by atoms with van der Waals surface area (Å²) in [6.45, 7) is 7.19. The number of nitrogens with zero attached hydrogens (tertiary/aromatic N) is 3. The summed E-state index contributed by atoms with van der Waals surface area (Å²) < 4.78 is 0. The van der Waals surface area contributed by atoms with Crippen molar-refractivity contribution in [2.75, 3.05) is 50.7 Å². The molecule has 0 bridgehead atoms. The first kappa shape index (κ1) is 18.3. The largest absolute Gasteiger partial charge is 0.370 e. The third-order valence-corrected chi connectivity index (χ3v) is 5.48. The standard InChI is InChI=1S/C19H30ClN5/c20-17-6-2-7-18(14-17)25-12-10-24(11-13-25)9-3-8-22-19(21)23-15-16-4-1-5-16/h2,6-7,14,16H,1,3-5,8-13,15H2,(H3,21,22,23). The number of benzene rings is 1. The van der Waals surface area contributed by atoms with Crippen LogP contribution in [0.1, 0.15) is 25.7 Å². The van der Waals surface area contributed by atoms with E-state index in [0.29, 0.717) is 5.96 Å². The number of hydrogen-bond donors (Lipinski definition) is 2. The Labute approximate surface area is 156 Å². The van der Waals surface area contributed by atoms with E-state index < -0.39 is 0 Å². The summed E-state index contributed by atoms with van der Waals surface area (Å²) in [5, 5.41) is 4.05. The molecule has 0 spiro atoms. The lowest BCUT2D eigenvalue weighted by molar-refractivity contribution is 0.255. The molecular weight excluding hydrogens is 334 g/mol. The fourth-order valence-electron chi connectivity index (χ4n) is 3.38. The average molecular weight is 364 g/mol. The Morgan fingerprint density at radius 3 is 2.72 bits per heavy atom. The highest BCUT2D eigenvalue weighted by Crippen LogP contribution is 2.26. The molecule has 1 aromatic carbocycles. The van der Waals surface area contributed by atoms with Gasteiger partial charge in [-0.2, -0.15) is 0 Å². The first-order valence-electron chi connectivity index (χ1n) is 9.47. The van der Waals surface area contributed by atoms with Gasteiger partial charge in [-0.05, 0) is 49.9 Å². The van der Waals surface area contributed by atoms with E-state index in [1.165, 1.54) is 24.9 Å². The van der Waals surface area contributed by atoms with Crippen molar-refractivity contribution in [2.24, 2.45) is 16.6 Å². The molecule has 0 aromatic heterocycles. The normalized spacial score (nSPS) is 19.7. The van der Waals surface area contributed by atoms with Crippen LogP contribution in [0.5, 0.6) is 0 Å². The summed E-state index contributed by atoms with van der Waals surface area (Å²) in [6.07, 6.45) is 5.09. The molecule has 138 valence electrons.